The van der Waals surface area contributed by atoms with E-state index in [4.69, 9.17) is 4.74 Å². The van der Waals surface area contributed by atoms with E-state index in [1.165, 1.54) is 12.1 Å². The number of aliphatic imine (C=N–C) groups is 1. The number of ether oxygens (including phenoxy) is 1. The molecule has 3 fully saturated rings. The summed E-state index contributed by atoms with van der Waals surface area (Å²) in [5.74, 6) is 0.853. The maximum absolute atomic E-state index is 13.1. The molecule has 3 saturated heterocycles. The van der Waals surface area contributed by atoms with Crippen LogP contribution in [0.25, 0.3) is 0 Å². The second-order valence-corrected chi connectivity index (χ2v) is 8.59. The van der Waals surface area contributed by atoms with Crippen molar-refractivity contribution in [2.45, 2.75) is 18.9 Å². The number of carbonyl (C=O) groups excluding carboxylic acids is 1. The van der Waals surface area contributed by atoms with Crippen LogP contribution in [-0.2, 0) is 9.53 Å². The molecule has 0 spiro atoms. The Kier molecular flexibility index (Phi) is 7.81. The third kappa shape index (κ3) is 5.69. The third-order valence-electron chi connectivity index (χ3n) is 6.58. The monoisotopic (exact) mass is 446 g/mol. The van der Waals surface area contributed by atoms with Crippen molar-refractivity contribution in [2.24, 2.45) is 4.99 Å². The third-order valence-corrected chi connectivity index (χ3v) is 6.58. The highest BCUT2D eigenvalue weighted by molar-refractivity contribution is 5.82. The molecular weight excluding hydrogens is 411 g/mol. The fraction of sp³-hybridized carbons (Fsp3) is 0.652. The highest BCUT2D eigenvalue weighted by atomic mass is 19.1. The summed E-state index contributed by atoms with van der Waals surface area (Å²) < 4.78 is 18.7. The molecule has 0 aliphatic carbocycles. The summed E-state index contributed by atoms with van der Waals surface area (Å²) in [6.45, 7) is 9.35. The van der Waals surface area contributed by atoms with Gasteiger partial charge < -0.3 is 24.8 Å². The Hall–Kier alpha value is -2.39. The van der Waals surface area contributed by atoms with E-state index in [-0.39, 0.29) is 17.8 Å². The number of rotatable bonds is 5. The first-order chi connectivity index (χ1) is 15.6. The van der Waals surface area contributed by atoms with Crippen molar-refractivity contribution >= 4 is 17.6 Å². The number of nitrogens with one attached hydrogen (secondary N) is 1. The second kappa shape index (κ2) is 11.0. The van der Waals surface area contributed by atoms with Crippen LogP contribution in [0.3, 0.4) is 0 Å². The van der Waals surface area contributed by atoms with Crippen LogP contribution < -0.4 is 10.2 Å². The number of guanidine groups is 1. The Bertz CT molecular complexity index is 767. The van der Waals surface area contributed by atoms with Gasteiger partial charge in [0.15, 0.2) is 5.96 Å². The minimum atomic E-state index is -0.234. The van der Waals surface area contributed by atoms with Gasteiger partial charge in [-0.2, -0.15) is 0 Å². The molecule has 3 aliphatic heterocycles. The maximum atomic E-state index is 13.1. The number of nitrogens with zero attached hydrogens (tertiary/aromatic N) is 5. The SMILES string of the molecule is CN=C(NCCN1CCN(c2ccc(F)cc2)CC1)N1CCN(C(=O)C2CCCO2)CC1. The van der Waals surface area contributed by atoms with Crippen molar-refractivity contribution in [3.05, 3.63) is 30.1 Å². The van der Waals surface area contributed by atoms with Gasteiger partial charge in [0, 0.05) is 84.8 Å². The Balaban J connectivity index is 1.15. The Morgan fingerprint density at radius 2 is 1.75 bits per heavy atom. The van der Waals surface area contributed by atoms with Gasteiger partial charge in [-0.05, 0) is 37.1 Å². The fourth-order valence-electron chi connectivity index (χ4n) is 4.65. The molecule has 1 N–H and O–H groups in total. The van der Waals surface area contributed by atoms with E-state index in [1.807, 2.05) is 24.1 Å². The number of anilines is 1. The number of hydrogen-bond donors (Lipinski definition) is 1. The number of amides is 1. The molecule has 3 aliphatic rings. The summed E-state index contributed by atoms with van der Waals surface area (Å²) in [6, 6.07) is 6.75. The second-order valence-electron chi connectivity index (χ2n) is 8.59. The normalized spacial score (nSPS) is 23.0. The number of halogens is 1. The minimum Gasteiger partial charge on any atom is -0.369 e. The number of benzene rings is 1. The van der Waals surface area contributed by atoms with Gasteiger partial charge in [-0.3, -0.25) is 14.7 Å². The Morgan fingerprint density at radius 1 is 1.06 bits per heavy atom. The summed E-state index contributed by atoms with van der Waals surface area (Å²) in [5, 5.41) is 3.49. The molecule has 9 heteroatoms. The van der Waals surface area contributed by atoms with Crippen molar-refractivity contribution in [3.8, 4) is 0 Å². The number of hydrogen-bond acceptors (Lipinski definition) is 5. The van der Waals surface area contributed by atoms with E-state index in [0.29, 0.717) is 19.7 Å². The maximum Gasteiger partial charge on any atom is 0.251 e. The molecule has 1 aromatic carbocycles. The quantitative estimate of drug-likeness (QED) is 0.535. The lowest BCUT2D eigenvalue weighted by Gasteiger charge is -2.38. The average molecular weight is 447 g/mol. The zero-order chi connectivity index (χ0) is 22.3. The van der Waals surface area contributed by atoms with Crippen LogP contribution in [0.4, 0.5) is 10.1 Å². The van der Waals surface area contributed by atoms with Gasteiger partial charge >= 0.3 is 0 Å². The lowest BCUT2D eigenvalue weighted by Crippen LogP contribution is -2.56. The summed E-state index contributed by atoms with van der Waals surface area (Å²) in [5.41, 5.74) is 1.08. The molecule has 1 amide bonds. The summed E-state index contributed by atoms with van der Waals surface area (Å²) in [4.78, 5) is 25.9. The molecule has 3 heterocycles. The van der Waals surface area contributed by atoms with Crippen molar-refractivity contribution < 1.29 is 13.9 Å². The smallest absolute Gasteiger partial charge is 0.251 e. The molecule has 8 nitrogen and oxygen atoms in total. The van der Waals surface area contributed by atoms with Crippen molar-refractivity contribution in [1.29, 1.82) is 0 Å². The standard InChI is InChI=1S/C23H35FN6O2/c1-25-23(30-16-14-29(15-17-30)22(31)21-3-2-18-32-21)26-8-9-27-10-12-28(13-11-27)20-6-4-19(24)5-7-20/h4-7,21H,2-3,8-18H2,1H3,(H,25,26). The van der Waals surface area contributed by atoms with Crippen LogP contribution in [0.2, 0.25) is 0 Å². The molecule has 1 atom stereocenters. The first kappa shape index (κ1) is 22.8. The average Bonchev–Trinajstić information content (AvgIpc) is 3.38. The zero-order valence-electron chi connectivity index (χ0n) is 19.0. The molecular formula is C23H35FN6O2. The molecule has 0 aromatic heterocycles. The minimum absolute atomic E-state index is 0.143. The van der Waals surface area contributed by atoms with E-state index in [1.54, 1.807) is 0 Å². The topological polar surface area (TPSA) is 63.7 Å². The van der Waals surface area contributed by atoms with E-state index in [2.05, 4.69) is 25.0 Å². The van der Waals surface area contributed by atoms with Gasteiger partial charge in [-0.15, -0.1) is 0 Å². The lowest BCUT2D eigenvalue weighted by molar-refractivity contribution is -0.142. The molecule has 176 valence electrons. The zero-order valence-corrected chi connectivity index (χ0v) is 19.0. The molecule has 0 bridgehead atoms. The predicted octanol–water partition coefficient (Wildman–Crippen LogP) is 0.846. The highest BCUT2D eigenvalue weighted by Gasteiger charge is 2.31. The van der Waals surface area contributed by atoms with Crippen LogP contribution >= 0.6 is 0 Å². The summed E-state index contributed by atoms with van der Waals surface area (Å²) in [7, 11) is 1.81. The van der Waals surface area contributed by atoms with Crippen LogP contribution in [-0.4, -0.2) is 112 Å². The molecule has 1 unspecified atom stereocenters. The van der Waals surface area contributed by atoms with Crippen molar-refractivity contribution in [2.75, 3.05) is 84.0 Å². The largest absolute Gasteiger partial charge is 0.369 e. The van der Waals surface area contributed by atoms with Crippen LogP contribution in [0.5, 0.6) is 0 Å². The van der Waals surface area contributed by atoms with Gasteiger partial charge in [0.05, 0.1) is 0 Å². The Labute approximate surface area is 190 Å². The lowest BCUT2D eigenvalue weighted by atomic mass is 10.2. The summed E-state index contributed by atoms with van der Waals surface area (Å²) >= 11 is 0. The van der Waals surface area contributed by atoms with E-state index < -0.39 is 0 Å². The van der Waals surface area contributed by atoms with Crippen molar-refractivity contribution in [3.63, 3.8) is 0 Å². The molecule has 0 radical (unpaired) electrons. The highest BCUT2D eigenvalue weighted by Crippen LogP contribution is 2.17. The van der Waals surface area contributed by atoms with E-state index >= 15 is 0 Å². The van der Waals surface area contributed by atoms with E-state index in [0.717, 1.165) is 76.8 Å². The number of piperazine rings is 2. The van der Waals surface area contributed by atoms with Gasteiger partial charge in [0.2, 0.25) is 0 Å². The van der Waals surface area contributed by atoms with Crippen LogP contribution in [0.1, 0.15) is 12.8 Å². The van der Waals surface area contributed by atoms with Crippen LogP contribution in [0.15, 0.2) is 29.3 Å². The fourth-order valence-corrected chi connectivity index (χ4v) is 4.65. The van der Waals surface area contributed by atoms with E-state index in [9.17, 15) is 9.18 Å². The van der Waals surface area contributed by atoms with Gasteiger partial charge in [-0.1, -0.05) is 0 Å². The summed E-state index contributed by atoms with van der Waals surface area (Å²) in [6.07, 6.45) is 1.59. The van der Waals surface area contributed by atoms with Crippen molar-refractivity contribution in [1.82, 2.24) is 20.0 Å². The molecule has 1 aromatic rings. The van der Waals surface area contributed by atoms with Gasteiger partial charge in [0.25, 0.3) is 5.91 Å². The predicted molar refractivity (Wildman–Crippen MR) is 124 cm³/mol. The first-order valence-corrected chi connectivity index (χ1v) is 11.7. The first-order valence-electron chi connectivity index (χ1n) is 11.7. The van der Waals surface area contributed by atoms with Gasteiger partial charge in [-0.25, -0.2) is 4.39 Å². The van der Waals surface area contributed by atoms with Crippen LogP contribution in [0, 0.1) is 5.82 Å². The number of carbonyl (C=O) groups is 1. The Morgan fingerprint density at radius 3 is 2.38 bits per heavy atom. The van der Waals surface area contributed by atoms with Gasteiger partial charge in [0.1, 0.15) is 11.9 Å². The molecule has 4 rings (SSSR count). The molecule has 0 saturated carbocycles. The molecule has 32 heavy (non-hydrogen) atoms.